The van der Waals surface area contributed by atoms with Crippen LogP contribution in [0.4, 0.5) is 0 Å². The van der Waals surface area contributed by atoms with Crippen LogP contribution in [0.25, 0.3) is 0 Å². The van der Waals surface area contributed by atoms with Crippen LogP contribution in [0.5, 0.6) is 0 Å². The molecule has 10 atom stereocenters. The van der Waals surface area contributed by atoms with Gasteiger partial charge in [0.2, 0.25) is 0 Å². The number of Topliss-reactive ketones (excluding diaryl/α,β-unsaturated/α-hetero) is 1. The molecule has 0 unspecified atom stereocenters. The van der Waals surface area contributed by atoms with E-state index in [0.717, 1.165) is 6.92 Å². The predicted octanol–water partition coefficient (Wildman–Crippen LogP) is 2.38. The first-order valence-corrected chi connectivity index (χ1v) is 13.8. The Kier molecular flexibility index (Phi) is 7.77. The Hall–Kier alpha value is -3.08. The van der Waals surface area contributed by atoms with E-state index in [1.165, 1.54) is 25.1 Å². The molecule has 3 aliphatic rings. The maximum absolute atomic E-state index is 14.1. The number of aliphatic hydroxyl groups is 3. The van der Waals surface area contributed by atoms with E-state index in [1.807, 2.05) is 0 Å². The predicted molar refractivity (Wildman–Crippen MR) is 145 cm³/mol. The molecule has 10 nitrogen and oxygen atoms in total. The van der Waals surface area contributed by atoms with Crippen LogP contribution >= 0.6 is 0 Å². The van der Waals surface area contributed by atoms with Crippen molar-refractivity contribution in [1.82, 2.24) is 0 Å². The third-order valence-corrected chi connectivity index (χ3v) is 9.90. The van der Waals surface area contributed by atoms with E-state index in [4.69, 9.17) is 14.2 Å². The Morgan fingerprint density at radius 3 is 2.07 bits per heavy atom. The third kappa shape index (κ3) is 4.60. The van der Waals surface area contributed by atoms with E-state index >= 15 is 0 Å². The molecule has 0 spiro atoms. The van der Waals surface area contributed by atoms with Crippen LogP contribution in [-0.4, -0.2) is 75.1 Å². The lowest BCUT2D eigenvalue weighted by atomic mass is 9.39. The summed E-state index contributed by atoms with van der Waals surface area (Å²) in [7, 11) is 0. The number of hydrogen-bond donors (Lipinski definition) is 3. The van der Waals surface area contributed by atoms with Gasteiger partial charge in [0, 0.05) is 36.0 Å². The zero-order valence-electron chi connectivity index (χ0n) is 24.3. The van der Waals surface area contributed by atoms with Gasteiger partial charge in [0.15, 0.2) is 11.4 Å². The Bertz CT molecular complexity index is 1240. The van der Waals surface area contributed by atoms with Gasteiger partial charge < -0.3 is 29.5 Å². The Labute approximate surface area is 239 Å². The molecule has 3 saturated carbocycles. The Morgan fingerprint density at radius 1 is 0.951 bits per heavy atom. The Morgan fingerprint density at radius 2 is 1.54 bits per heavy atom. The average Bonchev–Trinajstić information content (AvgIpc) is 2.89. The van der Waals surface area contributed by atoms with Crippen LogP contribution in [0.3, 0.4) is 0 Å². The fraction of sp³-hybridized carbons (Fsp3) is 0.613. The zero-order valence-corrected chi connectivity index (χ0v) is 24.3. The highest BCUT2D eigenvalue weighted by Gasteiger charge is 2.77. The normalized spacial score (nSPS) is 41.3. The number of rotatable bonds is 5. The standard InChI is InChI=1S/C31H40O10/c1-8-29(6)15-19(34)23-30(7)20(14-21(39-16(2)32)31(23,38)27(29)37)28(4,5)24(40-17(3)33)22(35)25(30)41-26(36)18-12-10-9-11-13-18/h8-13,19-25,34-35,38H,1,14-15H2,2-7H3/t19-,20+,21-,22+,23-,24-,25+,29+,30+,31+/m1/s1. The van der Waals surface area contributed by atoms with E-state index in [2.05, 4.69) is 6.58 Å². The molecular weight excluding hydrogens is 532 g/mol. The SMILES string of the molecule is C=C[C@@]1(C)C[C@@H](O)[C@H]2[C@](O)(C1=O)[C@H](OC(C)=O)C[C@H]1C(C)(C)[C@H](OC(C)=O)[C@H](O)[C@H](OC(=O)c3ccccc3)[C@@]12C. The number of aliphatic hydroxyl groups excluding tert-OH is 2. The van der Waals surface area contributed by atoms with Crippen molar-refractivity contribution in [2.75, 3.05) is 0 Å². The lowest BCUT2D eigenvalue weighted by molar-refractivity contribution is -0.313. The fourth-order valence-electron chi connectivity index (χ4n) is 8.15. The second-order valence-corrected chi connectivity index (χ2v) is 12.8. The molecule has 224 valence electrons. The van der Waals surface area contributed by atoms with E-state index in [0.29, 0.717) is 0 Å². The highest BCUT2D eigenvalue weighted by atomic mass is 16.6. The molecule has 0 aromatic heterocycles. The van der Waals surface area contributed by atoms with Crippen LogP contribution < -0.4 is 0 Å². The van der Waals surface area contributed by atoms with Crippen LogP contribution in [-0.2, 0) is 28.6 Å². The summed E-state index contributed by atoms with van der Waals surface area (Å²) in [5, 5.41) is 35.9. The molecule has 10 heteroatoms. The van der Waals surface area contributed by atoms with Gasteiger partial charge in [0.25, 0.3) is 0 Å². The first-order chi connectivity index (χ1) is 19.0. The summed E-state index contributed by atoms with van der Waals surface area (Å²) in [6.07, 6.45) is -5.82. The number of fused-ring (bicyclic) bond motifs is 3. The monoisotopic (exact) mass is 572 g/mol. The number of ether oxygens (including phenoxy) is 3. The second-order valence-electron chi connectivity index (χ2n) is 12.8. The third-order valence-electron chi connectivity index (χ3n) is 9.90. The number of esters is 3. The van der Waals surface area contributed by atoms with Gasteiger partial charge >= 0.3 is 17.9 Å². The quantitative estimate of drug-likeness (QED) is 0.272. The van der Waals surface area contributed by atoms with Crippen molar-refractivity contribution in [3.63, 3.8) is 0 Å². The maximum atomic E-state index is 14.1. The molecule has 3 aliphatic carbocycles. The number of hydrogen-bond acceptors (Lipinski definition) is 10. The number of benzene rings is 1. The van der Waals surface area contributed by atoms with Gasteiger partial charge in [-0.2, -0.15) is 0 Å². The molecule has 0 bridgehead atoms. The fourth-order valence-corrected chi connectivity index (χ4v) is 8.15. The summed E-state index contributed by atoms with van der Waals surface area (Å²) in [6.45, 7) is 12.8. The van der Waals surface area contributed by atoms with Crippen molar-refractivity contribution in [2.24, 2.45) is 28.1 Å². The van der Waals surface area contributed by atoms with E-state index < -0.39 is 87.9 Å². The van der Waals surface area contributed by atoms with Crippen molar-refractivity contribution in [2.45, 2.75) is 90.5 Å². The number of carbonyl (C=O) groups is 4. The molecule has 1 aromatic carbocycles. The summed E-state index contributed by atoms with van der Waals surface area (Å²) in [5.74, 6) is -4.92. The van der Waals surface area contributed by atoms with Gasteiger partial charge in [0.1, 0.15) is 24.4 Å². The zero-order chi connectivity index (χ0) is 30.7. The van der Waals surface area contributed by atoms with Crippen molar-refractivity contribution in [1.29, 1.82) is 0 Å². The van der Waals surface area contributed by atoms with Crippen LogP contribution in [0.1, 0.15) is 64.7 Å². The molecule has 3 fully saturated rings. The van der Waals surface area contributed by atoms with Gasteiger partial charge in [-0.1, -0.05) is 45.0 Å². The van der Waals surface area contributed by atoms with Gasteiger partial charge in [-0.25, -0.2) is 4.79 Å². The van der Waals surface area contributed by atoms with Gasteiger partial charge in [0.05, 0.1) is 11.7 Å². The van der Waals surface area contributed by atoms with Gasteiger partial charge in [-0.15, -0.1) is 6.58 Å². The smallest absolute Gasteiger partial charge is 0.338 e. The summed E-state index contributed by atoms with van der Waals surface area (Å²) >= 11 is 0. The molecule has 0 amide bonds. The minimum absolute atomic E-state index is 0.106. The summed E-state index contributed by atoms with van der Waals surface area (Å²) in [5.41, 5.74) is -6.11. The van der Waals surface area contributed by atoms with Gasteiger partial charge in [-0.3, -0.25) is 14.4 Å². The molecule has 0 saturated heterocycles. The molecule has 41 heavy (non-hydrogen) atoms. The summed E-state index contributed by atoms with van der Waals surface area (Å²) in [6, 6.07) is 8.08. The number of allylic oxidation sites excluding steroid dienone is 1. The number of carbonyl (C=O) groups excluding carboxylic acids is 4. The van der Waals surface area contributed by atoms with Crippen molar-refractivity contribution < 1.29 is 48.7 Å². The second kappa shape index (κ2) is 10.3. The summed E-state index contributed by atoms with van der Waals surface area (Å²) in [4.78, 5) is 52.0. The molecule has 0 heterocycles. The van der Waals surface area contributed by atoms with Crippen molar-refractivity contribution in [3.05, 3.63) is 48.6 Å². The maximum Gasteiger partial charge on any atom is 0.338 e. The minimum atomic E-state index is -2.42. The molecule has 0 radical (unpaired) electrons. The lowest BCUT2D eigenvalue weighted by Crippen LogP contribution is -2.80. The highest BCUT2D eigenvalue weighted by molar-refractivity contribution is 5.96. The van der Waals surface area contributed by atoms with Crippen LogP contribution in [0.2, 0.25) is 0 Å². The molecule has 3 N–H and O–H groups in total. The number of ketones is 1. The molecule has 4 rings (SSSR count). The van der Waals surface area contributed by atoms with E-state index in [9.17, 15) is 34.5 Å². The van der Waals surface area contributed by atoms with Gasteiger partial charge in [-0.05, 0) is 37.8 Å². The van der Waals surface area contributed by atoms with E-state index in [-0.39, 0.29) is 18.4 Å². The first kappa shape index (κ1) is 30.9. The van der Waals surface area contributed by atoms with E-state index in [1.54, 1.807) is 45.9 Å². The van der Waals surface area contributed by atoms with Crippen LogP contribution in [0.15, 0.2) is 43.0 Å². The lowest BCUT2D eigenvalue weighted by Gasteiger charge is -2.68. The molecule has 0 aliphatic heterocycles. The largest absolute Gasteiger partial charge is 0.459 e. The molecule has 1 aromatic rings. The first-order valence-electron chi connectivity index (χ1n) is 13.8. The van der Waals surface area contributed by atoms with Crippen molar-refractivity contribution >= 4 is 23.7 Å². The highest BCUT2D eigenvalue weighted by Crippen LogP contribution is 2.67. The topological polar surface area (TPSA) is 157 Å². The Balaban J connectivity index is 1.96. The summed E-state index contributed by atoms with van der Waals surface area (Å²) < 4.78 is 17.2. The van der Waals surface area contributed by atoms with Crippen molar-refractivity contribution in [3.8, 4) is 0 Å². The minimum Gasteiger partial charge on any atom is -0.459 e. The molecular formula is C31H40O10. The average molecular weight is 573 g/mol. The van der Waals surface area contributed by atoms with Crippen LogP contribution in [0, 0.1) is 28.1 Å².